The summed E-state index contributed by atoms with van der Waals surface area (Å²) in [5.74, 6) is 0.0333. The van der Waals surface area contributed by atoms with E-state index in [1.807, 2.05) is 53.4 Å². The van der Waals surface area contributed by atoms with Gasteiger partial charge in [-0.15, -0.1) is 11.3 Å². The number of carbonyl (C=O) groups excluding carboxylic acids is 1. The van der Waals surface area contributed by atoms with Crippen molar-refractivity contribution >= 4 is 28.6 Å². The molecule has 0 aliphatic carbocycles. The highest BCUT2D eigenvalue weighted by atomic mass is 32.1. The number of amides is 1. The quantitative estimate of drug-likeness (QED) is 0.704. The van der Waals surface area contributed by atoms with Gasteiger partial charge in [-0.25, -0.2) is 0 Å². The van der Waals surface area contributed by atoms with E-state index in [2.05, 4.69) is 30.6 Å². The summed E-state index contributed by atoms with van der Waals surface area (Å²) in [6.45, 7) is 4.14. The lowest BCUT2D eigenvalue weighted by molar-refractivity contribution is 0.0975. The predicted octanol–water partition coefficient (Wildman–Crippen LogP) is 5.14. The number of rotatable bonds is 2. The van der Waals surface area contributed by atoms with Gasteiger partial charge in [0.25, 0.3) is 5.91 Å². The Labute approximate surface area is 145 Å². The minimum Gasteiger partial charge on any atom is -0.360 e. The predicted molar refractivity (Wildman–Crippen MR) is 99.9 cm³/mol. The Bertz CT molecular complexity index is 898. The van der Waals surface area contributed by atoms with E-state index in [4.69, 9.17) is 0 Å². The van der Waals surface area contributed by atoms with Crippen molar-refractivity contribution in [2.45, 2.75) is 20.0 Å². The average molecular weight is 334 g/mol. The number of hydrogen-bond acceptors (Lipinski definition) is 3. The molecule has 2 heterocycles. The summed E-state index contributed by atoms with van der Waals surface area (Å²) in [5.41, 5.74) is 4.89. The lowest BCUT2D eigenvalue weighted by Crippen LogP contribution is -2.43. The molecule has 1 aliphatic heterocycles. The van der Waals surface area contributed by atoms with Crippen molar-refractivity contribution in [1.82, 2.24) is 0 Å². The second-order valence-corrected chi connectivity index (χ2v) is 7.02. The summed E-state index contributed by atoms with van der Waals surface area (Å²) >= 11 is 1.68. The second-order valence-electron chi connectivity index (χ2n) is 6.07. The molecule has 1 N–H and O–H groups in total. The maximum atomic E-state index is 13.2. The monoisotopic (exact) mass is 334 g/mol. The molecule has 4 rings (SSSR count). The third-order valence-electron chi connectivity index (χ3n) is 4.39. The fraction of sp³-hybridized carbons (Fsp3) is 0.150. The minimum atomic E-state index is -0.185. The first-order valence-corrected chi connectivity index (χ1v) is 8.83. The van der Waals surface area contributed by atoms with Gasteiger partial charge in [-0.3, -0.25) is 9.69 Å². The third kappa shape index (κ3) is 2.39. The third-order valence-corrected chi connectivity index (χ3v) is 5.46. The van der Waals surface area contributed by atoms with Crippen LogP contribution in [0.1, 0.15) is 32.5 Å². The van der Waals surface area contributed by atoms with Gasteiger partial charge in [0.15, 0.2) is 0 Å². The van der Waals surface area contributed by atoms with Gasteiger partial charge < -0.3 is 5.32 Å². The van der Waals surface area contributed by atoms with Crippen LogP contribution in [0.2, 0.25) is 0 Å². The first-order valence-electron chi connectivity index (χ1n) is 7.95. The van der Waals surface area contributed by atoms with Crippen LogP contribution in [0.3, 0.4) is 0 Å². The Balaban J connectivity index is 1.87. The Morgan fingerprint density at radius 1 is 1.00 bits per heavy atom. The van der Waals surface area contributed by atoms with Crippen molar-refractivity contribution in [3.05, 3.63) is 81.5 Å². The van der Waals surface area contributed by atoms with E-state index in [1.54, 1.807) is 11.3 Å². The van der Waals surface area contributed by atoms with Crippen LogP contribution in [0.25, 0.3) is 0 Å². The van der Waals surface area contributed by atoms with Crippen molar-refractivity contribution in [1.29, 1.82) is 0 Å². The van der Waals surface area contributed by atoms with Crippen LogP contribution in [-0.2, 0) is 0 Å². The Morgan fingerprint density at radius 3 is 2.46 bits per heavy atom. The van der Waals surface area contributed by atoms with Crippen molar-refractivity contribution in [2.24, 2.45) is 0 Å². The first kappa shape index (κ1) is 15.0. The molecule has 3 nitrogen and oxygen atoms in total. The molecule has 1 aromatic heterocycles. The lowest BCUT2D eigenvalue weighted by Gasteiger charge is -2.37. The van der Waals surface area contributed by atoms with Crippen LogP contribution in [0.15, 0.2) is 60.0 Å². The summed E-state index contributed by atoms with van der Waals surface area (Å²) in [6.07, 6.45) is -0.185. The van der Waals surface area contributed by atoms with Crippen LogP contribution in [0, 0.1) is 13.8 Å². The van der Waals surface area contributed by atoms with E-state index in [0.29, 0.717) is 5.56 Å². The number of para-hydroxylation sites is 1. The van der Waals surface area contributed by atoms with Crippen LogP contribution >= 0.6 is 11.3 Å². The maximum Gasteiger partial charge on any atom is 0.262 e. The zero-order valence-electron chi connectivity index (χ0n) is 13.6. The van der Waals surface area contributed by atoms with Crippen LogP contribution < -0.4 is 10.2 Å². The SMILES string of the molecule is Cc1ccc(N2C(=O)c3ccccc3N[C@H]2c2sccc2C)cc1. The lowest BCUT2D eigenvalue weighted by atomic mass is 10.0. The summed E-state index contributed by atoms with van der Waals surface area (Å²) < 4.78 is 0. The van der Waals surface area contributed by atoms with Crippen molar-refractivity contribution < 1.29 is 4.79 Å². The molecule has 0 radical (unpaired) electrons. The molecular weight excluding hydrogens is 316 g/mol. The van der Waals surface area contributed by atoms with Gasteiger partial charge in [0.2, 0.25) is 0 Å². The molecule has 0 spiro atoms. The van der Waals surface area contributed by atoms with E-state index in [1.165, 1.54) is 16.0 Å². The highest BCUT2D eigenvalue weighted by Crippen LogP contribution is 2.39. The topological polar surface area (TPSA) is 32.3 Å². The number of hydrogen-bond donors (Lipinski definition) is 1. The number of anilines is 2. The van der Waals surface area contributed by atoms with Gasteiger partial charge in [-0.1, -0.05) is 29.8 Å². The molecular formula is C20H18N2OS. The molecule has 1 atom stereocenters. The van der Waals surface area contributed by atoms with Crippen LogP contribution in [-0.4, -0.2) is 5.91 Å². The zero-order chi connectivity index (χ0) is 16.7. The number of aryl methyl sites for hydroxylation is 2. The smallest absolute Gasteiger partial charge is 0.262 e. The molecule has 1 aliphatic rings. The van der Waals surface area contributed by atoms with E-state index in [9.17, 15) is 4.79 Å². The molecule has 3 aromatic rings. The molecule has 0 saturated carbocycles. The molecule has 24 heavy (non-hydrogen) atoms. The van der Waals surface area contributed by atoms with E-state index < -0.39 is 0 Å². The highest BCUT2D eigenvalue weighted by Gasteiger charge is 2.35. The number of fused-ring (bicyclic) bond motifs is 1. The Morgan fingerprint density at radius 2 is 1.75 bits per heavy atom. The molecule has 0 saturated heterocycles. The Kier molecular flexibility index (Phi) is 3.62. The van der Waals surface area contributed by atoms with Crippen molar-refractivity contribution in [3.63, 3.8) is 0 Å². The zero-order valence-corrected chi connectivity index (χ0v) is 14.4. The highest BCUT2D eigenvalue weighted by molar-refractivity contribution is 7.10. The van der Waals surface area contributed by atoms with Crippen molar-refractivity contribution in [2.75, 3.05) is 10.2 Å². The molecule has 2 aromatic carbocycles. The van der Waals surface area contributed by atoms with Gasteiger partial charge in [-0.05, 0) is 55.1 Å². The molecule has 0 fully saturated rings. The molecule has 120 valence electrons. The Hall–Kier alpha value is -2.59. The first-order chi connectivity index (χ1) is 11.6. The van der Waals surface area contributed by atoms with E-state index in [-0.39, 0.29) is 12.1 Å². The largest absolute Gasteiger partial charge is 0.360 e. The molecule has 0 bridgehead atoms. The van der Waals surface area contributed by atoms with Crippen LogP contribution in [0.4, 0.5) is 11.4 Å². The van der Waals surface area contributed by atoms with Gasteiger partial charge in [0.05, 0.1) is 10.4 Å². The number of thiophene rings is 1. The maximum absolute atomic E-state index is 13.2. The van der Waals surface area contributed by atoms with Gasteiger partial charge >= 0.3 is 0 Å². The van der Waals surface area contributed by atoms with Crippen LogP contribution in [0.5, 0.6) is 0 Å². The fourth-order valence-electron chi connectivity index (χ4n) is 3.07. The number of benzene rings is 2. The summed E-state index contributed by atoms with van der Waals surface area (Å²) in [7, 11) is 0. The number of nitrogens with zero attached hydrogens (tertiary/aromatic N) is 1. The number of carbonyl (C=O) groups is 1. The molecule has 0 unspecified atom stereocenters. The van der Waals surface area contributed by atoms with Gasteiger partial charge in [0, 0.05) is 11.4 Å². The molecule has 1 amide bonds. The summed E-state index contributed by atoms with van der Waals surface area (Å²) in [5, 5.41) is 5.62. The van der Waals surface area contributed by atoms with Gasteiger partial charge in [-0.2, -0.15) is 0 Å². The van der Waals surface area contributed by atoms with E-state index in [0.717, 1.165) is 11.4 Å². The van der Waals surface area contributed by atoms with Gasteiger partial charge in [0.1, 0.15) is 6.17 Å². The minimum absolute atomic E-state index is 0.0333. The summed E-state index contributed by atoms with van der Waals surface area (Å²) in [6, 6.07) is 17.9. The fourth-order valence-corrected chi connectivity index (χ4v) is 4.04. The summed E-state index contributed by atoms with van der Waals surface area (Å²) in [4.78, 5) is 16.2. The molecule has 4 heteroatoms. The van der Waals surface area contributed by atoms with E-state index >= 15 is 0 Å². The second kappa shape index (κ2) is 5.80. The standard InChI is InChI=1S/C20H18N2OS/c1-13-7-9-15(10-8-13)22-19(18-14(2)11-12-24-18)21-17-6-4-3-5-16(17)20(22)23/h3-12,19,21H,1-2H3/t19-/m1/s1. The normalized spacial score (nSPS) is 16.7. The average Bonchev–Trinajstić information content (AvgIpc) is 3.02. The van der Waals surface area contributed by atoms with Crippen molar-refractivity contribution in [3.8, 4) is 0 Å². The number of nitrogens with one attached hydrogen (secondary N) is 1.